The summed E-state index contributed by atoms with van der Waals surface area (Å²) < 4.78 is 0. The second kappa shape index (κ2) is 6.69. The molecule has 0 aromatic carbocycles. The predicted octanol–water partition coefficient (Wildman–Crippen LogP) is 3.78. The number of rotatable bonds is 6. The molecule has 2 nitrogen and oxygen atoms in total. The van der Waals surface area contributed by atoms with Crippen LogP contribution in [-0.2, 0) is 5.41 Å². The van der Waals surface area contributed by atoms with E-state index in [0.29, 0.717) is 12.6 Å². The summed E-state index contributed by atoms with van der Waals surface area (Å²) in [6.07, 6.45) is 1.18. The van der Waals surface area contributed by atoms with Crippen molar-refractivity contribution in [2.75, 3.05) is 19.6 Å². The molecular formula is C15H28N2S. The maximum Gasteiger partial charge on any atom is 0.0564 e. The maximum atomic E-state index is 5.99. The van der Waals surface area contributed by atoms with Crippen LogP contribution in [0, 0.1) is 0 Å². The van der Waals surface area contributed by atoms with Gasteiger partial charge in [0.05, 0.1) is 6.04 Å². The molecule has 0 aliphatic heterocycles. The molecule has 1 atom stereocenters. The van der Waals surface area contributed by atoms with E-state index in [9.17, 15) is 0 Å². The fourth-order valence-electron chi connectivity index (χ4n) is 2.20. The van der Waals surface area contributed by atoms with Crippen LogP contribution in [0.3, 0.4) is 0 Å². The molecule has 1 aromatic rings. The molecule has 0 saturated heterocycles. The van der Waals surface area contributed by atoms with Gasteiger partial charge in [0.25, 0.3) is 0 Å². The Labute approximate surface area is 116 Å². The molecule has 0 bridgehead atoms. The standard InChI is InChI=1S/C15H28N2S/c1-6-10-17(7-2)12(11-16)13-8-9-14(18-13)15(3,4)5/h8-9,12H,6-7,10-11,16H2,1-5H3. The fraction of sp³-hybridized carbons (Fsp3) is 0.733. The average Bonchev–Trinajstić information content (AvgIpc) is 2.78. The lowest BCUT2D eigenvalue weighted by Crippen LogP contribution is -2.33. The highest BCUT2D eigenvalue weighted by atomic mass is 32.1. The number of hydrogen-bond acceptors (Lipinski definition) is 3. The monoisotopic (exact) mass is 268 g/mol. The SMILES string of the molecule is CCCN(CC)C(CN)c1ccc(C(C)(C)C)s1. The van der Waals surface area contributed by atoms with Crippen molar-refractivity contribution >= 4 is 11.3 Å². The van der Waals surface area contributed by atoms with Crippen molar-refractivity contribution in [1.29, 1.82) is 0 Å². The zero-order valence-corrected chi connectivity index (χ0v) is 13.3. The Morgan fingerprint density at radius 2 is 1.94 bits per heavy atom. The lowest BCUT2D eigenvalue weighted by atomic mass is 9.95. The van der Waals surface area contributed by atoms with Gasteiger partial charge in [-0.1, -0.05) is 34.6 Å². The first kappa shape index (κ1) is 15.7. The molecule has 0 spiro atoms. The van der Waals surface area contributed by atoms with Crippen LogP contribution >= 0.6 is 11.3 Å². The topological polar surface area (TPSA) is 29.3 Å². The Hall–Kier alpha value is -0.380. The minimum Gasteiger partial charge on any atom is -0.329 e. The normalized spacial score (nSPS) is 14.2. The van der Waals surface area contributed by atoms with Crippen molar-refractivity contribution in [1.82, 2.24) is 4.90 Å². The van der Waals surface area contributed by atoms with Gasteiger partial charge in [0.1, 0.15) is 0 Å². The van der Waals surface area contributed by atoms with E-state index in [1.54, 1.807) is 0 Å². The number of thiophene rings is 1. The molecule has 3 heteroatoms. The van der Waals surface area contributed by atoms with E-state index < -0.39 is 0 Å². The van der Waals surface area contributed by atoms with Crippen LogP contribution < -0.4 is 5.73 Å². The molecular weight excluding hydrogens is 240 g/mol. The van der Waals surface area contributed by atoms with Gasteiger partial charge >= 0.3 is 0 Å². The van der Waals surface area contributed by atoms with Crippen LogP contribution in [0.15, 0.2) is 12.1 Å². The van der Waals surface area contributed by atoms with Crippen LogP contribution in [-0.4, -0.2) is 24.5 Å². The quantitative estimate of drug-likeness (QED) is 0.851. The molecule has 0 saturated carbocycles. The lowest BCUT2D eigenvalue weighted by molar-refractivity contribution is 0.216. The Morgan fingerprint density at radius 1 is 1.28 bits per heavy atom. The summed E-state index contributed by atoms with van der Waals surface area (Å²) in [5.74, 6) is 0. The third kappa shape index (κ3) is 3.81. The highest BCUT2D eigenvalue weighted by Gasteiger charge is 2.22. The van der Waals surface area contributed by atoms with Gasteiger partial charge < -0.3 is 5.73 Å². The first-order valence-electron chi connectivity index (χ1n) is 6.98. The van der Waals surface area contributed by atoms with Crippen molar-refractivity contribution < 1.29 is 0 Å². The van der Waals surface area contributed by atoms with Gasteiger partial charge in [-0.25, -0.2) is 0 Å². The van der Waals surface area contributed by atoms with E-state index in [1.807, 2.05) is 11.3 Å². The van der Waals surface area contributed by atoms with E-state index in [-0.39, 0.29) is 5.41 Å². The molecule has 0 amide bonds. The Bertz CT molecular complexity index is 352. The van der Waals surface area contributed by atoms with Gasteiger partial charge in [0.15, 0.2) is 0 Å². The number of nitrogens with zero attached hydrogens (tertiary/aromatic N) is 1. The van der Waals surface area contributed by atoms with Gasteiger partial charge in [-0.2, -0.15) is 0 Å². The molecule has 18 heavy (non-hydrogen) atoms. The minimum absolute atomic E-state index is 0.240. The second-order valence-corrected chi connectivity index (χ2v) is 6.95. The van der Waals surface area contributed by atoms with Crippen LogP contribution in [0.2, 0.25) is 0 Å². The van der Waals surface area contributed by atoms with Crippen molar-refractivity contribution in [2.24, 2.45) is 5.73 Å². The van der Waals surface area contributed by atoms with Gasteiger partial charge in [-0.3, -0.25) is 4.90 Å². The zero-order valence-electron chi connectivity index (χ0n) is 12.5. The van der Waals surface area contributed by atoms with Gasteiger partial charge in [-0.05, 0) is 37.1 Å². The van der Waals surface area contributed by atoms with Crippen LogP contribution in [0.25, 0.3) is 0 Å². The number of nitrogens with two attached hydrogens (primary N) is 1. The fourth-order valence-corrected chi connectivity index (χ4v) is 3.42. The summed E-state index contributed by atoms with van der Waals surface area (Å²) in [4.78, 5) is 5.35. The molecule has 1 heterocycles. The summed E-state index contributed by atoms with van der Waals surface area (Å²) >= 11 is 1.92. The maximum absolute atomic E-state index is 5.99. The van der Waals surface area contributed by atoms with E-state index in [4.69, 9.17) is 5.73 Å². The van der Waals surface area contributed by atoms with Crippen molar-refractivity contribution in [2.45, 2.75) is 52.5 Å². The summed E-state index contributed by atoms with van der Waals surface area (Å²) in [7, 11) is 0. The Balaban J connectivity index is 2.91. The zero-order chi connectivity index (χ0) is 13.8. The van der Waals surface area contributed by atoms with E-state index in [1.165, 1.54) is 16.2 Å². The first-order chi connectivity index (χ1) is 8.43. The molecule has 0 radical (unpaired) electrons. The largest absolute Gasteiger partial charge is 0.329 e. The molecule has 1 rings (SSSR count). The third-order valence-electron chi connectivity index (χ3n) is 3.28. The lowest BCUT2D eigenvalue weighted by Gasteiger charge is -2.28. The molecule has 0 aliphatic carbocycles. The molecule has 1 aromatic heterocycles. The Kier molecular flexibility index (Phi) is 5.83. The summed E-state index contributed by atoms with van der Waals surface area (Å²) in [5.41, 5.74) is 6.23. The number of likely N-dealkylation sites (N-methyl/N-ethyl adjacent to an activating group) is 1. The molecule has 1 unspecified atom stereocenters. The number of hydrogen-bond donors (Lipinski definition) is 1. The smallest absolute Gasteiger partial charge is 0.0564 e. The summed E-state index contributed by atoms with van der Waals surface area (Å²) in [5, 5.41) is 0. The third-order valence-corrected chi connectivity index (χ3v) is 4.89. The van der Waals surface area contributed by atoms with E-state index in [0.717, 1.165) is 13.1 Å². The first-order valence-corrected chi connectivity index (χ1v) is 7.80. The highest BCUT2D eigenvalue weighted by molar-refractivity contribution is 7.12. The summed E-state index contributed by atoms with van der Waals surface area (Å²) in [6.45, 7) is 14.1. The minimum atomic E-state index is 0.240. The van der Waals surface area contributed by atoms with Crippen LogP contribution in [0.1, 0.15) is 56.8 Å². The van der Waals surface area contributed by atoms with Crippen molar-refractivity contribution in [3.8, 4) is 0 Å². The van der Waals surface area contributed by atoms with Gasteiger partial charge in [0, 0.05) is 16.3 Å². The van der Waals surface area contributed by atoms with E-state index >= 15 is 0 Å². The average molecular weight is 268 g/mol. The van der Waals surface area contributed by atoms with Crippen LogP contribution in [0.4, 0.5) is 0 Å². The highest BCUT2D eigenvalue weighted by Crippen LogP contribution is 2.34. The van der Waals surface area contributed by atoms with Crippen molar-refractivity contribution in [3.63, 3.8) is 0 Å². The second-order valence-electron chi connectivity index (χ2n) is 5.83. The molecule has 0 aliphatic rings. The van der Waals surface area contributed by atoms with E-state index in [2.05, 4.69) is 51.7 Å². The van der Waals surface area contributed by atoms with Gasteiger partial charge in [0.2, 0.25) is 0 Å². The molecule has 2 N–H and O–H groups in total. The van der Waals surface area contributed by atoms with Crippen LogP contribution in [0.5, 0.6) is 0 Å². The molecule has 104 valence electrons. The molecule has 0 fully saturated rings. The predicted molar refractivity (Wildman–Crippen MR) is 82.4 cm³/mol. The summed E-state index contributed by atoms with van der Waals surface area (Å²) in [6, 6.07) is 4.92. The van der Waals surface area contributed by atoms with Crippen molar-refractivity contribution in [3.05, 3.63) is 21.9 Å². The Morgan fingerprint density at radius 3 is 2.33 bits per heavy atom. The van der Waals surface area contributed by atoms with Gasteiger partial charge in [-0.15, -0.1) is 11.3 Å².